The second-order valence-corrected chi connectivity index (χ2v) is 9.42. The van der Waals surface area contributed by atoms with Crippen molar-refractivity contribution in [2.75, 3.05) is 4.90 Å². The molecule has 4 heteroatoms. The molecule has 0 spiro atoms. The lowest BCUT2D eigenvalue weighted by Gasteiger charge is -2.22. The number of anilines is 1. The topological polar surface area (TPSA) is 33.2 Å². The molecule has 0 bridgehead atoms. The SMILES string of the molecule is Cc1ccc(C)c2sc(N(Cc3ccccc3)C(=O)c3ccc4c(c3)CCCC4)nc12. The van der Waals surface area contributed by atoms with Crippen molar-refractivity contribution in [3.63, 3.8) is 0 Å². The van der Waals surface area contributed by atoms with Gasteiger partial charge in [-0.1, -0.05) is 59.9 Å². The zero-order chi connectivity index (χ0) is 21.4. The van der Waals surface area contributed by atoms with Crippen molar-refractivity contribution in [3.05, 3.63) is 94.0 Å². The molecule has 0 atom stereocenters. The van der Waals surface area contributed by atoms with Crippen molar-refractivity contribution in [2.45, 2.75) is 46.1 Å². The number of carbonyl (C=O) groups is 1. The maximum atomic E-state index is 13.8. The Labute approximate surface area is 187 Å². The molecule has 3 nitrogen and oxygen atoms in total. The van der Waals surface area contributed by atoms with Gasteiger partial charge in [-0.3, -0.25) is 9.69 Å². The van der Waals surface area contributed by atoms with Crippen molar-refractivity contribution in [2.24, 2.45) is 0 Å². The summed E-state index contributed by atoms with van der Waals surface area (Å²) in [4.78, 5) is 20.6. The van der Waals surface area contributed by atoms with Crippen molar-refractivity contribution >= 4 is 32.6 Å². The number of aryl methyl sites for hydroxylation is 4. The van der Waals surface area contributed by atoms with Gasteiger partial charge >= 0.3 is 0 Å². The van der Waals surface area contributed by atoms with Crippen LogP contribution in [0.1, 0.15) is 51.0 Å². The minimum atomic E-state index is 0.0200. The average molecular weight is 427 g/mol. The third-order valence-corrected chi connectivity index (χ3v) is 7.40. The van der Waals surface area contributed by atoms with E-state index in [0.717, 1.165) is 44.9 Å². The first-order chi connectivity index (χ1) is 15.1. The Morgan fingerprint density at radius 3 is 2.45 bits per heavy atom. The van der Waals surface area contributed by atoms with E-state index < -0.39 is 0 Å². The van der Waals surface area contributed by atoms with Crippen LogP contribution >= 0.6 is 11.3 Å². The van der Waals surface area contributed by atoms with Gasteiger partial charge in [0.05, 0.1) is 16.8 Å². The molecule has 0 unspecified atom stereocenters. The van der Waals surface area contributed by atoms with E-state index in [4.69, 9.17) is 4.98 Å². The lowest BCUT2D eigenvalue weighted by molar-refractivity contribution is 0.0985. The van der Waals surface area contributed by atoms with Gasteiger partial charge in [0.2, 0.25) is 0 Å². The van der Waals surface area contributed by atoms with Crippen molar-refractivity contribution in [1.29, 1.82) is 0 Å². The Morgan fingerprint density at radius 1 is 0.935 bits per heavy atom. The van der Waals surface area contributed by atoms with Crippen LogP contribution in [-0.4, -0.2) is 10.9 Å². The Morgan fingerprint density at radius 2 is 1.68 bits per heavy atom. The monoisotopic (exact) mass is 426 g/mol. The minimum absolute atomic E-state index is 0.0200. The van der Waals surface area contributed by atoms with Gasteiger partial charge in [0.25, 0.3) is 5.91 Å². The number of hydrogen-bond donors (Lipinski definition) is 0. The van der Waals surface area contributed by atoms with Crippen LogP contribution in [0.4, 0.5) is 5.13 Å². The molecule has 0 aliphatic heterocycles. The molecule has 4 aromatic rings. The summed E-state index contributed by atoms with van der Waals surface area (Å²) in [6, 6.07) is 20.7. The summed E-state index contributed by atoms with van der Waals surface area (Å²) in [5.74, 6) is 0.0200. The van der Waals surface area contributed by atoms with Crippen LogP contribution in [0.25, 0.3) is 10.2 Å². The van der Waals surface area contributed by atoms with Gasteiger partial charge in [0, 0.05) is 5.56 Å². The quantitative estimate of drug-likeness (QED) is 0.366. The number of rotatable bonds is 4. The highest BCUT2D eigenvalue weighted by Crippen LogP contribution is 2.35. The molecular weight excluding hydrogens is 400 g/mol. The summed E-state index contributed by atoms with van der Waals surface area (Å²) in [5.41, 5.74) is 7.91. The van der Waals surface area contributed by atoms with Gasteiger partial charge in [-0.05, 0) is 79.5 Å². The fraction of sp³-hybridized carbons (Fsp3) is 0.259. The number of benzene rings is 3. The smallest absolute Gasteiger partial charge is 0.260 e. The molecule has 0 radical (unpaired) electrons. The molecular formula is C27H26N2OS. The molecule has 1 amide bonds. The van der Waals surface area contributed by atoms with Crippen LogP contribution < -0.4 is 4.90 Å². The number of carbonyl (C=O) groups excluding carboxylic acids is 1. The zero-order valence-electron chi connectivity index (χ0n) is 18.0. The molecule has 1 aromatic heterocycles. The standard InChI is InChI=1S/C27H26N2OS/c1-18-12-13-19(2)25-24(18)28-27(31-25)29(17-20-8-4-3-5-9-20)26(30)23-15-14-21-10-6-7-11-22(21)16-23/h3-5,8-9,12-16H,6-7,10-11,17H2,1-2H3. The van der Waals surface area contributed by atoms with E-state index in [9.17, 15) is 4.79 Å². The second-order valence-electron chi connectivity index (χ2n) is 8.44. The van der Waals surface area contributed by atoms with E-state index in [1.54, 1.807) is 11.3 Å². The molecule has 0 fully saturated rings. The van der Waals surface area contributed by atoms with Crippen LogP contribution in [0.5, 0.6) is 0 Å². The lowest BCUT2D eigenvalue weighted by Crippen LogP contribution is -2.30. The molecule has 1 aliphatic rings. The van der Waals surface area contributed by atoms with Crippen LogP contribution in [0.2, 0.25) is 0 Å². The summed E-state index contributed by atoms with van der Waals surface area (Å²) in [6.45, 7) is 4.70. The summed E-state index contributed by atoms with van der Waals surface area (Å²) in [6.07, 6.45) is 4.63. The van der Waals surface area contributed by atoms with Crippen LogP contribution in [-0.2, 0) is 19.4 Å². The van der Waals surface area contributed by atoms with E-state index in [2.05, 4.69) is 50.2 Å². The molecule has 31 heavy (non-hydrogen) atoms. The highest BCUT2D eigenvalue weighted by atomic mass is 32.1. The van der Waals surface area contributed by atoms with Gasteiger partial charge in [0.1, 0.15) is 0 Å². The number of aromatic nitrogens is 1. The van der Waals surface area contributed by atoms with Gasteiger partial charge < -0.3 is 0 Å². The first-order valence-corrected chi connectivity index (χ1v) is 11.8. The largest absolute Gasteiger partial charge is 0.279 e. The highest BCUT2D eigenvalue weighted by molar-refractivity contribution is 7.22. The summed E-state index contributed by atoms with van der Waals surface area (Å²) in [5, 5.41) is 0.763. The number of amides is 1. The number of thiazole rings is 1. The Balaban J connectivity index is 1.58. The van der Waals surface area contributed by atoms with Crippen LogP contribution in [0, 0.1) is 13.8 Å². The minimum Gasteiger partial charge on any atom is -0.279 e. The molecule has 5 rings (SSSR count). The predicted molar refractivity (Wildman–Crippen MR) is 129 cm³/mol. The fourth-order valence-electron chi connectivity index (χ4n) is 4.38. The van der Waals surface area contributed by atoms with Crippen molar-refractivity contribution in [1.82, 2.24) is 4.98 Å². The lowest BCUT2D eigenvalue weighted by atomic mass is 9.90. The summed E-state index contributed by atoms with van der Waals surface area (Å²) in [7, 11) is 0. The van der Waals surface area contributed by atoms with E-state index in [1.165, 1.54) is 29.5 Å². The Bertz CT molecular complexity index is 1220. The Hall–Kier alpha value is -2.98. The predicted octanol–water partition coefficient (Wildman–Crippen LogP) is 6.64. The number of nitrogens with zero attached hydrogens (tertiary/aromatic N) is 2. The van der Waals surface area contributed by atoms with Crippen molar-refractivity contribution < 1.29 is 4.79 Å². The van der Waals surface area contributed by atoms with E-state index >= 15 is 0 Å². The van der Waals surface area contributed by atoms with Gasteiger partial charge in [0.15, 0.2) is 5.13 Å². The third-order valence-electron chi connectivity index (χ3n) is 6.19. The van der Waals surface area contributed by atoms with Crippen molar-refractivity contribution in [3.8, 4) is 0 Å². The van der Waals surface area contributed by atoms with Crippen LogP contribution in [0.15, 0.2) is 60.7 Å². The van der Waals surface area contributed by atoms with E-state index in [1.807, 2.05) is 29.2 Å². The molecule has 156 valence electrons. The third kappa shape index (κ3) is 3.88. The molecule has 1 heterocycles. The first kappa shape index (κ1) is 20.0. The molecule has 1 aliphatic carbocycles. The zero-order valence-corrected chi connectivity index (χ0v) is 18.8. The summed E-state index contributed by atoms with van der Waals surface area (Å²) >= 11 is 1.61. The molecule has 0 N–H and O–H groups in total. The number of hydrogen-bond acceptors (Lipinski definition) is 3. The fourth-order valence-corrected chi connectivity index (χ4v) is 5.49. The normalized spacial score (nSPS) is 13.2. The Kier molecular flexibility index (Phi) is 5.33. The maximum Gasteiger partial charge on any atom is 0.260 e. The van der Waals surface area contributed by atoms with Gasteiger partial charge in [-0.15, -0.1) is 0 Å². The highest BCUT2D eigenvalue weighted by Gasteiger charge is 2.24. The second kappa shape index (κ2) is 8.27. The van der Waals surface area contributed by atoms with E-state index in [-0.39, 0.29) is 5.91 Å². The van der Waals surface area contributed by atoms with E-state index in [0.29, 0.717) is 6.54 Å². The molecule has 3 aromatic carbocycles. The summed E-state index contributed by atoms with van der Waals surface area (Å²) < 4.78 is 1.16. The average Bonchev–Trinajstić information content (AvgIpc) is 3.26. The maximum absolute atomic E-state index is 13.8. The number of fused-ring (bicyclic) bond motifs is 2. The molecule has 0 saturated carbocycles. The van der Waals surface area contributed by atoms with Gasteiger partial charge in [-0.2, -0.15) is 0 Å². The van der Waals surface area contributed by atoms with Gasteiger partial charge in [-0.25, -0.2) is 4.98 Å². The molecule has 0 saturated heterocycles. The van der Waals surface area contributed by atoms with Crippen LogP contribution in [0.3, 0.4) is 0 Å². The first-order valence-electron chi connectivity index (χ1n) is 10.9.